The van der Waals surface area contributed by atoms with Gasteiger partial charge in [-0.15, -0.1) is 0 Å². The normalized spacial score (nSPS) is 20.4. The minimum Gasteiger partial charge on any atom is -0.400 e. The average Bonchev–Trinajstić information content (AvgIpc) is 3.03. The third-order valence-electron chi connectivity index (χ3n) is 6.35. The second-order valence-electron chi connectivity index (χ2n) is 8.29. The van der Waals surface area contributed by atoms with Crippen molar-refractivity contribution < 1.29 is 4.48 Å². The summed E-state index contributed by atoms with van der Waals surface area (Å²) >= 11 is 0. The molecule has 0 radical (unpaired) electrons. The molecule has 0 aromatic carbocycles. The molecule has 0 bridgehead atoms. The molecule has 0 unspecified atom stereocenters. The lowest BCUT2D eigenvalue weighted by Gasteiger charge is -2.42. The molecule has 0 saturated carbocycles. The topological polar surface area (TPSA) is 53.7 Å². The van der Waals surface area contributed by atoms with Crippen molar-refractivity contribution in [3.05, 3.63) is 34.8 Å². The lowest BCUT2D eigenvalue weighted by atomic mass is 10.1. The summed E-state index contributed by atoms with van der Waals surface area (Å²) in [6.45, 7) is 11.2. The maximum Gasteiger partial charge on any atom is 0.129 e. The van der Waals surface area contributed by atoms with E-state index < -0.39 is 0 Å². The van der Waals surface area contributed by atoms with Crippen molar-refractivity contribution >= 4 is 5.84 Å². The van der Waals surface area contributed by atoms with Crippen LogP contribution in [-0.2, 0) is 0 Å². The van der Waals surface area contributed by atoms with Crippen molar-refractivity contribution in [3.63, 3.8) is 0 Å². The average molecular weight is 345 g/mol. The predicted octanol–water partition coefficient (Wildman–Crippen LogP) is 3.04. The third kappa shape index (κ3) is 3.34. The van der Waals surface area contributed by atoms with Crippen LogP contribution in [-0.4, -0.2) is 47.5 Å². The van der Waals surface area contributed by atoms with E-state index in [1.807, 2.05) is 0 Å². The maximum absolute atomic E-state index is 6.36. The summed E-state index contributed by atoms with van der Waals surface area (Å²) in [7, 11) is 2.34. The minimum absolute atomic E-state index is 0.602. The van der Waals surface area contributed by atoms with Crippen LogP contribution in [0, 0.1) is 0 Å². The van der Waals surface area contributed by atoms with Crippen LogP contribution < -0.4 is 11.1 Å². The lowest BCUT2D eigenvalue weighted by molar-refractivity contribution is -0.948. The van der Waals surface area contributed by atoms with Crippen LogP contribution in [0.5, 0.6) is 0 Å². The molecule has 3 rings (SSSR count). The van der Waals surface area contributed by atoms with Gasteiger partial charge in [0.2, 0.25) is 0 Å². The summed E-state index contributed by atoms with van der Waals surface area (Å²) < 4.78 is 1.05. The number of nitrogens with zero attached hydrogens (tertiary/aromatic N) is 3. The zero-order valence-electron chi connectivity index (χ0n) is 16.5. The number of amidine groups is 1. The van der Waals surface area contributed by atoms with E-state index in [2.05, 4.69) is 57.2 Å². The van der Waals surface area contributed by atoms with Crippen LogP contribution in [0.15, 0.2) is 39.9 Å². The number of allylic oxidation sites excluding steroid dienone is 4. The van der Waals surface area contributed by atoms with Crippen LogP contribution in [0.2, 0.25) is 0 Å². The highest BCUT2D eigenvalue weighted by molar-refractivity contribution is 5.85. The molecular formula is C20H34N5+. The van der Waals surface area contributed by atoms with Crippen molar-refractivity contribution in [2.24, 2.45) is 10.8 Å². The fraction of sp³-hybridized carbons (Fsp3) is 0.650. The summed E-state index contributed by atoms with van der Waals surface area (Å²) in [5.41, 5.74) is 11.1. The van der Waals surface area contributed by atoms with Gasteiger partial charge in [-0.05, 0) is 58.6 Å². The largest absolute Gasteiger partial charge is 0.400 e. The predicted molar refractivity (Wildman–Crippen MR) is 104 cm³/mol. The van der Waals surface area contributed by atoms with E-state index in [9.17, 15) is 0 Å². The zero-order chi connectivity index (χ0) is 18.2. The van der Waals surface area contributed by atoms with Crippen molar-refractivity contribution in [2.75, 3.05) is 20.1 Å². The highest BCUT2D eigenvalue weighted by atomic mass is 15.5. The molecule has 0 amide bonds. The Morgan fingerprint density at radius 2 is 1.92 bits per heavy atom. The Kier molecular flexibility index (Phi) is 4.96. The number of hydrogen-bond acceptors (Lipinski definition) is 4. The Morgan fingerprint density at radius 1 is 1.20 bits per heavy atom. The van der Waals surface area contributed by atoms with Gasteiger partial charge in [0.25, 0.3) is 0 Å². The fourth-order valence-electron chi connectivity index (χ4n) is 4.00. The molecule has 0 spiro atoms. The number of likely N-dealkylation sites (N-methyl/N-ethyl adjacent to an activating group) is 1. The summed E-state index contributed by atoms with van der Waals surface area (Å²) in [6.07, 6.45) is 8.55. The smallest absolute Gasteiger partial charge is 0.129 e. The van der Waals surface area contributed by atoms with Crippen molar-refractivity contribution in [3.8, 4) is 0 Å². The summed E-state index contributed by atoms with van der Waals surface area (Å²) in [6, 6.07) is 1.20. The first-order chi connectivity index (χ1) is 11.8. The monoisotopic (exact) mass is 344 g/mol. The van der Waals surface area contributed by atoms with Crippen LogP contribution >= 0.6 is 0 Å². The van der Waals surface area contributed by atoms with Gasteiger partial charge in [-0.1, -0.05) is 6.08 Å². The third-order valence-corrected chi connectivity index (χ3v) is 6.35. The molecule has 0 aromatic rings. The Balaban J connectivity index is 1.68. The molecule has 0 fully saturated rings. The number of hydrogen-bond donors (Lipinski definition) is 2. The minimum atomic E-state index is 0.602. The highest BCUT2D eigenvalue weighted by Gasteiger charge is 2.31. The molecule has 3 aliphatic rings. The number of nitrogens with two attached hydrogens (primary N) is 1. The number of rotatable bonds is 5. The second kappa shape index (κ2) is 6.87. The van der Waals surface area contributed by atoms with Gasteiger partial charge in [0.15, 0.2) is 0 Å². The van der Waals surface area contributed by atoms with Gasteiger partial charge in [0.05, 0.1) is 37.9 Å². The molecule has 0 aromatic heterocycles. The van der Waals surface area contributed by atoms with Crippen molar-refractivity contribution in [1.82, 2.24) is 10.3 Å². The summed E-state index contributed by atoms with van der Waals surface area (Å²) in [4.78, 5) is 0. The molecule has 2 aliphatic heterocycles. The number of hydrazone groups is 1. The molecule has 3 N–H and O–H groups in total. The van der Waals surface area contributed by atoms with E-state index in [1.165, 1.54) is 17.7 Å². The van der Waals surface area contributed by atoms with Gasteiger partial charge in [-0.2, -0.15) is 5.10 Å². The first kappa shape index (κ1) is 18.1. The standard InChI is InChI=1S/C20H34N5/c1-14(2)25(5,15(3)4)12-11-22-20-13-17(21)19-10-9-16-7-6-8-18(16)24(19)23-20/h9-10,14-15H,6-8,11-13,21H2,1-5H3,(H,22,23)/q+1. The number of fused-ring (bicyclic) bond motifs is 2. The van der Waals surface area contributed by atoms with E-state index in [-0.39, 0.29) is 0 Å². The molecular weight excluding hydrogens is 310 g/mol. The molecule has 0 saturated heterocycles. The van der Waals surface area contributed by atoms with Gasteiger partial charge < -0.3 is 15.5 Å². The molecule has 2 heterocycles. The van der Waals surface area contributed by atoms with Crippen LogP contribution in [0.25, 0.3) is 0 Å². The molecule has 5 nitrogen and oxygen atoms in total. The SMILES string of the molecule is CC(C)[N+](C)(CCNC1=NN2C(=C(N)C1)C=CC1=C2CCC1)C(C)C. The maximum atomic E-state index is 6.36. The van der Waals surface area contributed by atoms with Gasteiger partial charge >= 0.3 is 0 Å². The zero-order valence-corrected chi connectivity index (χ0v) is 16.5. The van der Waals surface area contributed by atoms with E-state index in [0.717, 1.165) is 47.6 Å². The van der Waals surface area contributed by atoms with Gasteiger partial charge in [-0.3, -0.25) is 0 Å². The van der Waals surface area contributed by atoms with Crippen LogP contribution in [0.1, 0.15) is 53.4 Å². The van der Waals surface area contributed by atoms with E-state index in [1.54, 1.807) is 0 Å². The highest BCUT2D eigenvalue weighted by Crippen LogP contribution is 2.38. The molecule has 0 atom stereocenters. The van der Waals surface area contributed by atoms with Crippen molar-refractivity contribution in [2.45, 2.75) is 65.5 Å². The lowest BCUT2D eigenvalue weighted by Crippen LogP contribution is -2.57. The molecule has 5 heteroatoms. The van der Waals surface area contributed by atoms with Gasteiger partial charge in [0, 0.05) is 17.8 Å². The number of quaternary nitrogens is 1. The van der Waals surface area contributed by atoms with Crippen molar-refractivity contribution in [1.29, 1.82) is 0 Å². The Morgan fingerprint density at radius 3 is 2.60 bits per heavy atom. The van der Waals surface area contributed by atoms with Crippen LogP contribution in [0.4, 0.5) is 0 Å². The van der Waals surface area contributed by atoms with E-state index in [4.69, 9.17) is 10.8 Å². The summed E-state index contributed by atoms with van der Waals surface area (Å²) in [5.74, 6) is 0.995. The van der Waals surface area contributed by atoms with Crippen LogP contribution in [0.3, 0.4) is 0 Å². The molecule has 25 heavy (non-hydrogen) atoms. The number of nitrogens with one attached hydrogen (secondary N) is 1. The second-order valence-corrected chi connectivity index (χ2v) is 8.29. The molecule has 138 valence electrons. The van der Waals surface area contributed by atoms with E-state index >= 15 is 0 Å². The van der Waals surface area contributed by atoms with Gasteiger partial charge in [0.1, 0.15) is 5.84 Å². The first-order valence-corrected chi connectivity index (χ1v) is 9.68. The fourth-order valence-corrected chi connectivity index (χ4v) is 4.00. The Hall–Kier alpha value is -1.75. The van der Waals surface area contributed by atoms with E-state index in [0.29, 0.717) is 18.5 Å². The summed E-state index contributed by atoms with van der Waals surface area (Å²) in [5, 5.41) is 10.5. The quantitative estimate of drug-likeness (QED) is 0.754. The van der Waals surface area contributed by atoms with Gasteiger partial charge in [-0.25, -0.2) is 5.01 Å². The Bertz CT molecular complexity index is 643. The first-order valence-electron chi connectivity index (χ1n) is 9.68. The Labute approximate surface area is 152 Å². The molecule has 1 aliphatic carbocycles.